The van der Waals surface area contributed by atoms with Crippen molar-refractivity contribution in [3.63, 3.8) is 0 Å². The highest BCUT2D eigenvalue weighted by atomic mass is 32.2. The van der Waals surface area contributed by atoms with Crippen LogP contribution in [0, 0.1) is 0 Å². The van der Waals surface area contributed by atoms with Gasteiger partial charge in [0.25, 0.3) is 0 Å². The van der Waals surface area contributed by atoms with Gasteiger partial charge in [-0.25, -0.2) is 5.43 Å². The number of carbonyl (C=O) groups is 1. The number of alkyl halides is 3. The van der Waals surface area contributed by atoms with E-state index < -0.39 is 24.3 Å². The lowest BCUT2D eigenvalue weighted by Gasteiger charge is -2.28. The molecule has 5 rings (SSSR count). The number of hydrazine groups is 1. The molecule has 7 N–H and O–H groups in total. The van der Waals surface area contributed by atoms with Crippen molar-refractivity contribution >= 4 is 40.4 Å². The van der Waals surface area contributed by atoms with Gasteiger partial charge in [-0.05, 0) is 79.9 Å². The largest absolute Gasteiger partial charge is 0.405 e. The Hall–Kier alpha value is -3.25. The van der Waals surface area contributed by atoms with Crippen LogP contribution in [0.1, 0.15) is 37.3 Å². The summed E-state index contributed by atoms with van der Waals surface area (Å²) in [5.74, 6) is -0.310. The summed E-state index contributed by atoms with van der Waals surface area (Å²) >= 11 is 1.63. The maximum Gasteiger partial charge on any atom is 0.405 e. The summed E-state index contributed by atoms with van der Waals surface area (Å²) in [5, 5.41) is 7.76. The van der Waals surface area contributed by atoms with Crippen LogP contribution >= 0.6 is 11.8 Å². The van der Waals surface area contributed by atoms with E-state index in [0.29, 0.717) is 24.3 Å². The first-order chi connectivity index (χ1) is 18.7. The van der Waals surface area contributed by atoms with Gasteiger partial charge in [-0.3, -0.25) is 4.79 Å². The Morgan fingerprint density at radius 1 is 1.05 bits per heavy atom. The first kappa shape index (κ1) is 27.3. The number of amides is 1. The van der Waals surface area contributed by atoms with Crippen molar-refractivity contribution < 1.29 is 18.0 Å². The minimum Gasteiger partial charge on any atom is -0.354 e. The number of hydrogen-bond donors (Lipinski definition) is 5. The Labute approximate surface area is 229 Å². The fourth-order valence-corrected chi connectivity index (χ4v) is 5.80. The third-order valence-electron chi connectivity index (χ3n) is 6.94. The van der Waals surface area contributed by atoms with E-state index in [1.165, 1.54) is 0 Å². The molecule has 2 aliphatic heterocycles. The molecule has 7 nitrogen and oxygen atoms in total. The van der Waals surface area contributed by atoms with Crippen molar-refractivity contribution in [3.8, 4) is 0 Å². The minimum atomic E-state index is -4.40. The molecule has 2 unspecified atom stereocenters. The lowest BCUT2D eigenvalue weighted by atomic mass is 10.00. The van der Waals surface area contributed by atoms with Crippen LogP contribution in [0.3, 0.4) is 0 Å². The SMILES string of the molecule is NCCCCC(N)C(=O)Nc1ccc(N2NC(C(F)(F)F)C[C@@H]2c2ccc3c(c2)Nc2ccccc2S3)cc1. The molecule has 1 fully saturated rings. The summed E-state index contributed by atoms with van der Waals surface area (Å²) in [6.07, 6.45) is -2.45. The number of fused-ring (bicyclic) bond motifs is 2. The Bertz CT molecular complexity index is 1320. The minimum absolute atomic E-state index is 0.137. The molecule has 11 heteroatoms. The lowest BCUT2D eigenvalue weighted by Crippen LogP contribution is -2.43. The molecule has 0 bridgehead atoms. The molecular formula is C28H31F3N6OS. The van der Waals surface area contributed by atoms with Gasteiger partial charge in [0, 0.05) is 15.5 Å². The van der Waals surface area contributed by atoms with Gasteiger partial charge in [0.1, 0.15) is 6.04 Å². The third kappa shape index (κ3) is 6.17. The first-order valence-corrected chi connectivity index (χ1v) is 13.7. The molecule has 3 aromatic rings. The van der Waals surface area contributed by atoms with Crippen molar-refractivity contribution in [2.45, 2.75) is 59.8 Å². The molecule has 2 aliphatic rings. The van der Waals surface area contributed by atoms with Crippen LogP contribution in [0.15, 0.2) is 76.5 Å². The molecule has 39 heavy (non-hydrogen) atoms. The van der Waals surface area contributed by atoms with Gasteiger partial charge in [-0.1, -0.05) is 36.4 Å². The molecule has 0 saturated carbocycles. The zero-order valence-electron chi connectivity index (χ0n) is 21.2. The van der Waals surface area contributed by atoms with Crippen LogP contribution in [0.5, 0.6) is 0 Å². The summed E-state index contributed by atoms with van der Waals surface area (Å²) in [7, 11) is 0. The van der Waals surface area contributed by atoms with Crippen LogP contribution in [0.25, 0.3) is 0 Å². The highest BCUT2D eigenvalue weighted by molar-refractivity contribution is 7.99. The summed E-state index contributed by atoms with van der Waals surface area (Å²) < 4.78 is 41.4. The average Bonchev–Trinajstić information content (AvgIpc) is 3.38. The Balaban J connectivity index is 1.35. The van der Waals surface area contributed by atoms with Gasteiger partial charge in [-0.2, -0.15) is 13.2 Å². The smallest absolute Gasteiger partial charge is 0.354 e. The number of unbranched alkanes of at least 4 members (excludes halogenated alkanes) is 1. The molecule has 3 atom stereocenters. The van der Waals surface area contributed by atoms with Crippen molar-refractivity contribution in [3.05, 3.63) is 72.3 Å². The van der Waals surface area contributed by atoms with E-state index in [2.05, 4.69) is 16.1 Å². The van der Waals surface area contributed by atoms with Gasteiger partial charge >= 0.3 is 6.18 Å². The fraction of sp³-hybridized carbons (Fsp3) is 0.321. The highest BCUT2D eigenvalue weighted by Crippen LogP contribution is 2.46. The van der Waals surface area contributed by atoms with Crippen LogP contribution < -0.4 is 32.5 Å². The van der Waals surface area contributed by atoms with E-state index in [-0.39, 0.29) is 12.3 Å². The van der Waals surface area contributed by atoms with E-state index in [0.717, 1.165) is 39.6 Å². The Kier molecular flexibility index (Phi) is 8.03. The zero-order valence-corrected chi connectivity index (χ0v) is 22.0. The fourth-order valence-electron chi connectivity index (χ4n) is 4.83. The summed E-state index contributed by atoms with van der Waals surface area (Å²) in [4.78, 5) is 14.5. The number of nitrogens with two attached hydrogens (primary N) is 2. The van der Waals surface area contributed by atoms with Crippen LogP contribution in [-0.4, -0.2) is 30.7 Å². The molecule has 1 amide bonds. The third-order valence-corrected chi connectivity index (χ3v) is 8.10. The van der Waals surface area contributed by atoms with Crippen LogP contribution in [0.2, 0.25) is 0 Å². The van der Waals surface area contributed by atoms with Gasteiger partial charge in [-0.15, -0.1) is 0 Å². The Morgan fingerprint density at radius 3 is 2.54 bits per heavy atom. The molecular weight excluding hydrogens is 525 g/mol. The summed E-state index contributed by atoms with van der Waals surface area (Å²) in [6, 6.07) is 17.5. The average molecular weight is 557 g/mol. The van der Waals surface area contributed by atoms with Crippen molar-refractivity contribution in [1.82, 2.24) is 5.43 Å². The van der Waals surface area contributed by atoms with Crippen molar-refractivity contribution in [2.75, 3.05) is 22.2 Å². The number of nitrogens with zero attached hydrogens (tertiary/aromatic N) is 1. The maximum absolute atomic E-state index is 13.8. The van der Waals surface area contributed by atoms with Crippen LogP contribution in [-0.2, 0) is 4.79 Å². The van der Waals surface area contributed by atoms with E-state index in [4.69, 9.17) is 11.5 Å². The van der Waals surface area contributed by atoms with Crippen molar-refractivity contribution in [2.24, 2.45) is 11.5 Å². The number of hydrogen-bond acceptors (Lipinski definition) is 7. The molecule has 0 spiro atoms. The molecule has 206 valence electrons. The van der Waals surface area contributed by atoms with Crippen LogP contribution in [0.4, 0.5) is 35.9 Å². The molecule has 0 aromatic heterocycles. The quantitative estimate of drug-likeness (QED) is 0.178. The molecule has 0 radical (unpaired) electrons. The predicted octanol–water partition coefficient (Wildman–Crippen LogP) is 5.68. The van der Waals surface area contributed by atoms with E-state index in [1.54, 1.807) is 41.0 Å². The predicted molar refractivity (Wildman–Crippen MR) is 149 cm³/mol. The summed E-state index contributed by atoms with van der Waals surface area (Å²) in [5.41, 5.74) is 17.8. The standard InChI is InChI=1S/C28H31F3N6OS/c29-28(30,31)26-16-23(17-8-13-25-22(15-17)35-21-6-1-2-7-24(21)39-25)37(36-26)19-11-9-18(10-12-19)34-27(38)20(33)5-3-4-14-32/h1-2,6-13,15,20,23,26,35-36H,3-5,14,16,32-33H2,(H,34,38)/t20?,23-,26?/m1/s1. The molecule has 0 aliphatic carbocycles. The number of rotatable bonds is 8. The number of benzene rings is 3. The van der Waals surface area contributed by atoms with Crippen molar-refractivity contribution in [1.29, 1.82) is 0 Å². The Morgan fingerprint density at radius 2 is 1.79 bits per heavy atom. The first-order valence-electron chi connectivity index (χ1n) is 12.9. The monoisotopic (exact) mass is 556 g/mol. The van der Waals surface area contributed by atoms with E-state index >= 15 is 0 Å². The van der Waals surface area contributed by atoms with E-state index in [9.17, 15) is 18.0 Å². The zero-order chi connectivity index (χ0) is 27.6. The molecule has 3 aromatic carbocycles. The number of nitrogens with one attached hydrogen (secondary N) is 3. The van der Waals surface area contributed by atoms with Gasteiger partial charge in [0.05, 0.1) is 29.1 Å². The summed E-state index contributed by atoms with van der Waals surface area (Å²) in [6.45, 7) is 0.547. The highest BCUT2D eigenvalue weighted by Gasteiger charge is 2.48. The molecule has 2 heterocycles. The second-order valence-corrected chi connectivity index (χ2v) is 10.8. The maximum atomic E-state index is 13.8. The lowest BCUT2D eigenvalue weighted by molar-refractivity contribution is -0.152. The number of halogens is 3. The number of anilines is 4. The second-order valence-electron chi connectivity index (χ2n) is 9.75. The number of para-hydroxylation sites is 1. The second kappa shape index (κ2) is 11.5. The number of carbonyl (C=O) groups excluding carboxylic acids is 1. The van der Waals surface area contributed by atoms with E-state index in [1.807, 2.05) is 42.5 Å². The van der Waals surface area contributed by atoms with Gasteiger partial charge in [0.15, 0.2) is 0 Å². The molecule has 1 saturated heterocycles. The van der Waals surface area contributed by atoms with Gasteiger partial charge in [0.2, 0.25) is 5.91 Å². The topological polar surface area (TPSA) is 108 Å². The van der Waals surface area contributed by atoms with Gasteiger partial charge < -0.3 is 27.1 Å². The normalized spacial score (nSPS) is 19.2.